The summed E-state index contributed by atoms with van der Waals surface area (Å²) < 4.78 is 0. The van der Waals surface area contributed by atoms with Crippen LogP contribution in [0, 0.1) is 0 Å². The predicted molar refractivity (Wildman–Crippen MR) is 65.5 cm³/mol. The second-order valence-electron chi connectivity index (χ2n) is 4.92. The number of carboxylic acids is 1. The van der Waals surface area contributed by atoms with Crippen LogP contribution in [-0.2, 0) is 11.3 Å². The van der Waals surface area contributed by atoms with Gasteiger partial charge >= 0.3 is 5.97 Å². The summed E-state index contributed by atoms with van der Waals surface area (Å²) in [5.74, 6) is -0.841. The summed E-state index contributed by atoms with van der Waals surface area (Å²) in [5.41, 5.74) is -0.244. The van der Waals surface area contributed by atoms with Gasteiger partial charge in [0, 0.05) is 18.2 Å². The molecule has 0 amide bonds. The molecule has 98 valence electrons. The minimum atomic E-state index is -0.871. The topological polar surface area (TPSA) is 81.0 Å². The van der Waals surface area contributed by atoms with E-state index in [4.69, 9.17) is 0 Å². The average molecular weight is 251 g/mol. The summed E-state index contributed by atoms with van der Waals surface area (Å²) in [6.45, 7) is 2.78. The number of phenols is 2. The van der Waals surface area contributed by atoms with Crippen molar-refractivity contribution in [2.75, 3.05) is 6.54 Å². The van der Waals surface area contributed by atoms with E-state index in [1.807, 2.05) is 4.90 Å². The molecule has 0 aromatic heterocycles. The van der Waals surface area contributed by atoms with Crippen molar-refractivity contribution in [2.24, 2.45) is 0 Å². The molecule has 0 saturated carbocycles. The van der Waals surface area contributed by atoms with Crippen LogP contribution in [0.2, 0.25) is 0 Å². The van der Waals surface area contributed by atoms with Crippen LogP contribution < -0.4 is 0 Å². The lowest BCUT2D eigenvalue weighted by atomic mass is 9.98. The maximum Gasteiger partial charge on any atom is 0.323 e. The monoisotopic (exact) mass is 251 g/mol. The van der Waals surface area contributed by atoms with Gasteiger partial charge in [-0.2, -0.15) is 0 Å². The normalized spacial score (nSPS) is 24.3. The molecular formula is C13H17NO4. The molecule has 1 unspecified atom stereocenters. The molecule has 5 heteroatoms. The molecule has 0 bridgehead atoms. The molecule has 1 aliphatic rings. The third-order valence-electron chi connectivity index (χ3n) is 3.68. The van der Waals surface area contributed by atoms with Gasteiger partial charge in [-0.05, 0) is 32.4 Å². The van der Waals surface area contributed by atoms with Gasteiger partial charge < -0.3 is 15.3 Å². The molecule has 1 aliphatic heterocycles. The lowest BCUT2D eigenvalue weighted by Crippen LogP contribution is -2.47. The second kappa shape index (κ2) is 4.49. The number of aromatic hydroxyl groups is 2. The average Bonchev–Trinajstić information content (AvgIpc) is 2.66. The summed E-state index contributed by atoms with van der Waals surface area (Å²) in [4.78, 5) is 13.2. The summed E-state index contributed by atoms with van der Waals surface area (Å²) in [6, 6.07) is 4.37. The van der Waals surface area contributed by atoms with E-state index in [-0.39, 0.29) is 11.5 Å². The Kier molecular flexibility index (Phi) is 3.17. The minimum absolute atomic E-state index is 0.00123. The van der Waals surface area contributed by atoms with Crippen LogP contribution in [0.4, 0.5) is 0 Å². The molecule has 2 rings (SSSR count). The Morgan fingerprint density at radius 3 is 2.78 bits per heavy atom. The largest absolute Gasteiger partial charge is 0.508 e. The van der Waals surface area contributed by atoms with Gasteiger partial charge in [0.05, 0.1) is 0 Å². The molecule has 1 aromatic rings. The predicted octanol–water partition coefficient (Wildman–Crippen LogP) is 1.54. The van der Waals surface area contributed by atoms with Crippen LogP contribution in [0.25, 0.3) is 0 Å². The highest BCUT2D eigenvalue weighted by molar-refractivity contribution is 5.78. The van der Waals surface area contributed by atoms with E-state index in [2.05, 4.69) is 0 Å². The molecular weight excluding hydrogens is 234 g/mol. The molecule has 1 fully saturated rings. The standard InChI is InChI=1S/C13H17NO4/c1-13(12(17)18)5-2-6-14(13)8-9-3-4-10(15)7-11(9)16/h3-4,7,15-16H,2,5-6,8H2,1H3,(H,17,18). The fourth-order valence-corrected chi connectivity index (χ4v) is 2.41. The molecule has 5 nitrogen and oxygen atoms in total. The van der Waals surface area contributed by atoms with Crippen molar-refractivity contribution < 1.29 is 20.1 Å². The van der Waals surface area contributed by atoms with Crippen molar-refractivity contribution in [1.29, 1.82) is 0 Å². The summed E-state index contributed by atoms with van der Waals surface area (Å²) >= 11 is 0. The van der Waals surface area contributed by atoms with E-state index < -0.39 is 11.5 Å². The highest BCUT2D eigenvalue weighted by Gasteiger charge is 2.43. The van der Waals surface area contributed by atoms with Gasteiger partial charge in [-0.3, -0.25) is 9.69 Å². The van der Waals surface area contributed by atoms with Crippen molar-refractivity contribution >= 4 is 5.97 Å². The third kappa shape index (κ3) is 2.13. The third-order valence-corrected chi connectivity index (χ3v) is 3.68. The molecule has 1 atom stereocenters. The lowest BCUT2D eigenvalue weighted by molar-refractivity contribution is -0.148. The zero-order valence-corrected chi connectivity index (χ0v) is 10.3. The van der Waals surface area contributed by atoms with Crippen molar-refractivity contribution in [3.8, 4) is 11.5 Å². The minimum Gasteiger partial charge on any atom is -0.508 e. The van der Waals surface area contributed by atoms with E-state index >= 15 is 0 Å². The van der Waals surface area contributed by atoms with Crippen LogP contribution in [-0.4, -0.2) is 38.3 Å². The van der Waals surface area contributed by atoms with E-state index in [1.54, 1.807) is 13.0 Å². The Labute approximate surface area is 105 Å². The van der Waals surface area contributed by atoms with Gasteiger partial charge in [-0.25, -0.2) is 0 Å². The SMILES string of the molecule is CC1(C(=O)O)CCCN1Cc1ccc(O)cc1O. The van der Waals surface area contributed by atoms with Crippen LogP contribution in [0.15, 0.2) is 18.2 Å². The van der Waals surface area contributed by atoms with Crippen molar-refractivity contribution in [2.45, 2.75) is 31.8 Å². The Morgan fingerprint density at radius 2 is 2.17 bits per heavy atom. The molecule has 1 saturated heterocycles. The van der Waals surface area contributed by atoms with Gasteiger partial charge in [-0.1, -0.05) is 6.07 Å². The molecule has 1 heterocycles. The number of hydrogen-bond donors (Lipinski definition) is 3. The zero-order chi connectivity index (χ0) is 13.3. The number of hydrogen-bond acceptors (Lipinski definition) is 4. The Morgan fingerprint density at radius 1 is 1.44 bits per heavy atom. The van der Waals surface area contributed by atoms with Crippen molar-refractivity contribution in [1.82, 2.24) is 4.90 Å². The van der Waals surface area contributed by atoms with E-state index in [0.29, 0.717) is 25.1 Å². The molecule has 0 radical (unpaired) electrons. The van der Waals surface area contributed by atoms with E-state index in [0.717, 1.165) is 6.42 Å². The summed E-state index contributed by atoms with van der Waals surface area (Å²) in [6.07, 6.45) is 1.45. The van der Waals surface area contributed by atoms with Gasteiger partial charge in [0.2, 0.25) is 0 Å². The number of benzene rings is 1. The van der Waals surface area contributed by atoms with Crippen LogP contribution in [0.1, 0.15) is 25.3 Å². The second-order valence-corrected chi connectivity index (χ2v) is 4.92. The lowest BCUT2D eigenvalue weighted by Gasteiger charge is -2.31. The van der Waals surface area contributed by atoms with Gasteiger partial charge in [0.25, 0.3) is 0 Å². The number of carboxylic acid groups (broad SMARTS) is 1. The fourth-order valence-electron chi connectivity index (χ4n) is 2.41. The van der Waals surface area contributed by atoms with Crippen LogP contribution in [0.5, 0.6) is 11.5 Å². The molecule has 0 aliphatic carbocycles. The quantitative estimate of drug-likeness (QED) is 0.759. The van der Waals surface area contributed by atoms with E-state index in [9.17, 15) is 20.1 Å². The first-order valence-corrected chi connectivity index (χ1v) is 5.93. The fraction of sp³-hybridized carbons (Fsp3) is 0.462. The first-order chi connectivity index (χ1) is 8.43. The van der Waals surface area contributed by atoms with Crippen LogP contribution >= 0.6 is 0 Å². The maximum atomic E-state index is 11.3. The first-order valence-electron chi connectivity index (χ1n) is 5.93. The maximum absolute atomic E-state index is 11.3. The van der Waals surface area contributed by atoms with E-state index in [1.165, 1.54) is 12.1 Å². The Hall–Kier alpha value is -1.75. The van der Waals surface area contributed by atoms with Crippen LogP contribution in [0.3, 0.4) is 0 Å². The smallest absolute Gasteiger partial charge is 0.323 e. The van der Waals surface area contributed by atoms with Crippen molar-refractivity contribution in [3.63, 3.8) is 0 Å². The number of nitrogens with zero attached hydrogens (tertiary/aromatic N) is 1. The molecule has 18 heavy (non-hydrogen) atoms. The van der Waals surface area contributed by atoms with Gasteiger partial charge in [0.1, 0.15) is 17.0 Å². The number of rotatable bonds is 3. The number of phenolic OH excluding ortho intramolecular Hbond substituents is 2. The highest BCUT2D eigenvalue weighted by atomic mass is 16.4. The highest BCUT2D eigenvalue weighted by Crippen LogP contribution is 2.33. The van der Waals surface area contributed by atoms with Gasteiger partial charge in [0.15, 0.2) is 0 Å². The number of carbonyl (C=O) groups is 1. The first kappa shape index (κ1) is 12.7. The molecule has 0 spiro atoms. The Bertz CT molecular complexity index is 474. The van der Waals surface area contributed by atoms with Gasteiger partial charge in [-0.15, -0.1) is 0 Å². The van der Waals surface area contributed by atoms with Crippen molar-refractivity contribution in [3.05, 3.63) is 23.8 Å². The Balaban J connectivity index is 2.21. The molecule has 1 aromatic carbocycles. The zero-order valence-electron chi connectivity index (χ0n) is 10.3. The number of likely N-dealkylation sites (tertiary alicyclic amines) is 1. The summed E-state index contributed by atoms with van der Waals surface area (Å²) in [7, 11) is 0. The number of aliphatic carboxylic acids is 1. The summed E-state index contributed by atoms with van der Waals surface area (Å²) in [5, 5.41) is 28.2. The molecule has 3 N–H and O–H groups in total.